The van der Waals surface area contributed by atoms with Crippen molar-refractivity contribution in [2.24, 2.45) is 0 Å². The number of aryl methyl sites for hydroxylation is 2. The van der Waals surface area contributed by atoms with E-state index in [9.17, 15) is 9.59 Å². The summed E-state index contributed by atoms with van der Waals surface area (Å²) in [5, 5.41) is 6.76. The maximum absolute atomic E-state index is 12.3. The van der Waals surface area contributed by atoms with Crippen LogP contribution in [0.15, 0.2) is 236 Å². The molecule has 0 aromatic heterocycles. The molecule has 0 spiro atoms. The predicted molar refractivity (Wildman–Crippen MR) is 269 cm³/mol. The summed E-state index contributed by atoms with van der Waals surface area (Å²) < 4.78 is 0. The number of fused-ring (bicyclic) bond motifs is 3. The normalized spacial score (nSPS) is 10.8. The van der Waals surface area contributed by atoms with Crippen LogP contribution in [0.5, 0.6) is 0 Å². The second kappa shape index (κ2) is 18.7. The fourth-order valence-electron chi connectivity index (χ4n) is 8.37. The molecule has 0 saturated carbocycles. The molecule has 0 aliphatic carbocycles. The van der Waals surface area contributed by atoms with Gasteiger partial charge in [0.05, 0.1) is 5.57 Å². The average Bonchev–Trinajstić information content (AvgIpc) is 3.35. The zero-order chi connectivity index (χ0) is 43.8. The Morgan fingerprint density at radius 3 is 0.953 bits per heavy atom. The zero-order valence-electron chi connectivity index (χ0n) is 35.8. The molecule has 4 heteroatoms. The van der Waals surface area contributed by atoms with Gasteiger partial charge in [0, 0.05) is 39.7 Å². The van der Waals surface area contributed by atoms with Gasteiger partial charge < -0.3 is 9.80 Å². The van der Waals surface area contributed by atoms with Gasteiger partial charge in [-0.1, -0.05) is 146 Å². The van der Waals surface area contributed by atoms with Gasteiger partial charge in [-0.25, -0.2) is 0 Å². The maximum Gasteiger partial charge on any atom is 0.153 e. The third-order valence-corrected chi connectivity index (χ3v) is 11.7. The highest BCUT2D eigenvalue weighted by Crippen LogP contribution is 2.39. The number of allylic oxidation sites excluding steroid dienone is 1. The molecule has 0 radical (unpaired) electrons. The molecular formula is C60H46N2O2. The molecule has 0 aliphatic heterocycles. The number of benzene rings is 10. The van der Waals surface area contributed by atoms with Crippen LogP contribution < -0.4 is 9.80 Å². The van der Waals surface area contributed by atoms with Crippen molar-refractivity contribution >= 4 is 84.6 Å². The van der Waals surface area contributed by atoms with Crippen molar-refractivity contribution in [1.82, 2.24) is 0 Å². The molecule has 4 nitrogen and oxygen atoms in total. The number of aldehydes is 2. The van der Waals surface area contributed by atoms with E-state index in [2.05, 4.69) is 169 Å². The molecule has 0 saturated heterocycles. The molecule has 0 fully saturated rings. The van der Waals surface area contributed by atoms with Crippen molar-refractivity contribution in [3.63, 3.8) is 0 Å². The highest BCUT2D eigenvalue weighted by atomic mass is 16.1. The lowest BCUT2D eigenvalue weighted by Gasteiger charge is -2.26. The molecule has 0 bridgehead atoms. The summed E-state index contributed by atoms with van der Waals surface area (Å²) in [6, 6.07) is 79.2. The first-order valence-electron chi connectivity index (χ1n) is 21.5. The molecule has 0 N–H and O–H groups in total. The van der Waals surface area contributed by atoms with Crippen LogP contribution in [0.4, 0.5) is 34.1 Å². The first-order valence-corrected chi connectivity index (χ1v) is 21.5. The Labute approximate surface area is 374 Å². The number of anilines is 6. The van der Waals surface area contributed by atoms with E-state index in [1.54, 1.807) is 0 Å². The maximum atomic E-state index is 12.3. The standard InChI is InChI=1S/C48H34N2O2.C12H12/c51-33-41(34-52)48(39-23-21-37-31-46(27-25-35(37)29-39)49(42-13-5-1-6-14-42)43-15-7-2-8-16-43)40-24-22-38-32-47(28-26-36(38)30-40)50(44-17-9-3-10-18-44)45-19-11-4-12-20-45;1-9-7-11-5-3-4-6-12(11)8-10(9)2/h1-34H;3-8H,1-2H3. The van der Waals surface area contributed by atoms with Crippen LogP contribution in [-0.4, -0.2) is 12.6 Å². The molecule has 0 unspecified atom stereocenters. The second-order valence-electron chi connectivity index (χ2n) is 15.9. The molecule has 0 heterocycles. The van der Waals surface area contributed by atoms with Gasteiger partial charge in [-0.2, -0.15) is 0 Å². The summed E-state index contributed by atoms with van der Waals surface area (Å²) in [6.45, 7) is 4.31. The second-order valence-corrected chi connectivity index (χ2v) is 15.9. The van der Waals surface area contributed by atoms with Gasteiger partial charge in [0.2, 0.25) is 0 Å². The zero-order valence-corrected chi connectivity index (χ0v) is 35.8. The lowest BCUT2D eigenvalue weighted by molar-refractivity contribution is -0.109. The minimum atomic E-state index is 0.102. The first kappa shape index (κ1) is 41.0. The molecule has 10 aromatic rings. The first-order chi connectivity index (χ1) is 31.5. The average molecular weight is 827 g/mol. The van der Waals surface area contributed by atoms with Crippen LogP contribution in [0.1, 0.15) is 22.3 Å². The predicted octanol–water partition coefficient (Wildman–Crippen LogP) is 15.6. The lowest BCUT2D eigenvalue weighted by atomic mass is 9.90. The number of hydrogen-bond acceptors (Lipinski definition) is 4. The Kier molecular flexibility index (Phi) is 12.0. The summed E-state index contributed by atoms with van der Waals surface area (Å²) in [4.78, 5) is 29.1. The van der Waals surface area contributed by atoms with Gasteiger partial charge in [0.25, 0.3) is 0 Å². The van der Waals surface area contributed by atoms with Crippen molar-refractivity contribution in [2.45, 2.75) is 13.8 Å². The molecule has 0 aliphatic rings. The highest BCUT2D eigenvalue weighted by Gasteiger charge is 2.17. The molecule has 0 atom stereocenters. The van der Waals surface area contributed by atoms with Crippen LogP contribution in [0.3, 0.4) is 0 Å². The molecular weight excluding hydrogens is 781 g/mol. The minimum absolute atomic E-state index is 0.102. The fourth-order valence-corrected chi connectivity index (χ4v) is 8.37. The Morgan fingerprint density at radius 1 is 0.312 bits per heavy atom. The minimum Gasteiger partial charge on any atom is -0.310 e. The number of hydrogen-bond donors (Lipinski definition) is 0. The molecule has 10 rings (SSSR count). The van der Waals surface area contributed by atoms with E-state index in [0.29, 0.717) is 18.1 Å². The van der Waals surface area contributed by atoms with E-state index in [1.165, 1.54) is 21.9 Å². The summed E-state index contributed by atoms with van der Waals surface area (Å²) in [5.74, 6) is 0. The SMILES string of the molecule is Cc1cc2ccccc2cc1C.O=CC(C=O)=C(c1ccc2cc(N(c3ccccc3)c3ccccc3)ccc2c1)c1ccc2cc(N(c3ccccc3)c3ccccc3)ccc2c1. The Morgan fingerprint density at radius 2 is 0.609 bits per heavy atom. The van der Waals surface area contributed by atoms with Gasteiger partial charge in [-0.3, -0.25) is 9.59 Å². The van der Waals surface area contributed by atoms with E-state index in [4.69, 9.17) is 0 Å². The van der Waals surface area contributed by atoms with E-state index >= 15 is 0 Å². The molecule has 0 amide bonds. The van der Waals surface area contributed by atoms with Crippen molar-refractivity contribution in [2.75, 3.05) is 9.80 Å². The Hall–Kier alpha value is -8.34. The third kappa shape index (κ3) is 8.72. The Balaban J connectivity index is 0.000000372. The highest BCUT2D eigenvalue weighted by molar-refractivity contribution is 6.12. The van der Waals surface area contributed by atoms with Crippen LogP contribution >= 0.6 is 0 Å². The quantitative estimate of drug-likeness (QED) is 0.0596. The monoisotopic (exact) mass is 826 g/mol. The molecule has 10 aromatic carbocycles. The summed E-state index contributed by atoms with van der Waals surface area (Å²) in [5.41, 5.74) is 11.4. The number of nitrogens with zero attached hydrogens (tertiary/aromatic N) is 2. The van der Waals surface area contributed by atoms with E-state index in [-0.39, 0.29) is 5.57 Å². The van der Waals surface area contributed by atoms with E-state index in [1.807, 2.05) is 84.9 Å². The largest absolute Gasteiger partial charge is 0.310 e. The van der Waals surface area contributed by atoms with Crippen molar-refractivity contribution in [3.05, 3.63) is 258 Å². The van der Waals surface area contributed by atoms with Crippen molar-refractivity contribution in [3.8, 4) is 0 Å². The van der Waals surface area contributed by atoms with Crippen LogP contribution in [0.2, 0.25) is 0 Å². The smallest absolute Gasteiger partial charge is 0.153 e. The fraction of sp³-hybridized carbons (Fsp3) is 0.0333. The van der Waals surface area contributed by atoms with E-state index in [0.717, 1.165) is 66.8 Å². The molecule has 64 heavy (non-hydrogen) atoms. The number of para-hydroxylation sites is 4. The van der Waals surface area contributed by atoms with Crippen molar-refractivity contribution in [1.29, 1.82) is 0 Å². The van der Waals surface area contributed by atoms with Crippen LogP contribution in [0, 0.1) is 13.8 Å². The number of rotatable bonds is 10. The van der Waals surface area contributed by atoms with Gasteiger partial charge in [-0.05, 0) is 153 Å². The van der Waals surface area contributed by atoms with Crippen molar-refractivity contribution < 1.29 is 9.59 Å². The third-order valence-electron chi connectivity index (χ3n) is 11.7. The van der Waals surface area contributed by atoms with Crippen LogP contribution in [0.25, 0.3) is 37.9 Å². The van der Waals surface area contributed by atoms with E-state index < -0.39 is 0 Å². The summed E-state index contributed by atoms with van der Waals surface area (Å²) in [6.07, 6.45) is 1.30. The van der Waals surface area contributed by atoms with Gasteiger partial charge in [-0.15, -0.1) is 0 Å². The number of carbonyl (C=O) groups excluding carboxylic acids is 2. The number of carbonyl (C=O) groups is 2. The Bertz CT molecular complexity index is 2970. The van der Waals surface area contributed by atoms with Gasteiger partial charge in [0.1, 0.15) is 0 Å². The topological polar surface area (TPSA) is 40.6 Å². The summed E-state index contributed by atoms with van der Waals surface area (Å²) >= 11 is 0. The van der Waals surface area contributed by atoms with Gasteiger partial charge in [0.15, 0.2) is 12.6 Å². The molecule has 308 valence electrons. The summed E-state index contributed by atoms with van der Waals surface area (Å²) in [7, 11) is 0. The van der Waals surface area contributed by atoms with Gasteiger partial charge >= 0.3 is 0 Å². The lowest BCUT2D eigenvalue weighted by Crippen LogP contribution is -2.09. The van der Waals surface area contributed by atoms with Crippen LogP contribution in [-0.2, 0) is 9.59 Å².